The first-order valence-electron chi connectivity index (χ1n) is 8.92. The first kappa shape index (κ1) is 17.2. The van der Waals surface area contributed by atoms with Crippen LogP contribution in [0, 0.1) is 0 Å². The van der Waals surface area contributed by atoms with Crippen LogP contribution in [-0.4, -0.2) is 32.2 Å². The Bertz CT molecular complexity index is 819. The van der Waals surface area contributed by atoms with E-state index in [4.69, 9.17) is 9.47 Å². The maximum atomic E-state index is 12.5. The number of ether oxygens (including phenoxy) is 2. The maximum absolute atomic E-state index is 12.5. The first-order valence-corrected chi connectivity index (χ1v) is 9.71. The standard InChI is InChI=1S/C20H21BrN2O3/c21-17-13-19-18(25-8-9-26-19)10-14(17)11-20(24)22-15-4-3-5-16(12-15)23-6-1-2-7-23/h3-5,10,12-13H,1-2,6-9,11H2,(H,22,24). The number of fused-ring (bicyclic) bond motifs is 1. The molecule has 136 valence electrons. The van der Waals surface area contributed by atoms with E-state index in [-0.39, 0.29) is 12.3 Å². The molecule has 2 aliphatic heterocycles. The van der Waals surface area contributed by atoms with Gasteiger partial charge in [0.15, 0.2) is 11.5 Å². The summed E-state index contributed by atoms with van der Waals surface area (Å²) >= 11 is 3.52. The Hall–Kier alpha value is -2.21. The molecule has 1 fully saturated rings. The van der Waals surface area contributed by atoms with Gasteiger partial charge in [0.05, 0.1) is 6.42 Å². The monoisotopic (exact) mass is 416 g/mol. The molecule has 26 heavy (non-hydrogen) atoms. The third-order valence-electron chi connectivity index (χ3n) is 4.66. The van der Waals surface area contributed by atoms with Crippen LogP contribution in [-0.2, 0) is 11.2 Å². The second kappa shape index (κ2) is 7.58. The average Bonchev–Trinajstić information content (AvgIpc) is 3.17. The summed E-state index contributed by atoms with van der Waals surface area (Å²) in [4.78, 5) is 14.9. The lowest BCUT2D eigenvalue weighted by molar-refractivity contribution is -0.115. The van der Waals surface area contributed by atoms with E-state index in [0.717, 1.165) is 28.8 Å². The fraction of sp³-hybridized carbons (Fsp3) is 0.350. The molecule has 5 nitrogen and oxygen atoms in total. The minimum absolute atomic E-state index is 0.0547. The van der Waals surface area contributed by atoms with Gasteiger partial charge in [-0.2, -0.15) is 0 Å². The molecule has 0 unspecified atom stereocenters. The number of hydrogen-bond acceptors (Lipinski definition) is 4. The molecule has 4 rings (SSSR count). The predicted octanol–water partition coefficient (Wildman–Crippen LogP) is 4.00. The molecule has 0 saturated carbocycles. The normalized spacial score (nSPS) is 15.8. The molecule has 6 heteroatoms. The molecular weight excluding hydrogens is 396 g/mol. The van der Waals surface area contributed by atoms with Crippen LogP contribution in [0.1, 0.15) is 18.4 Å². The minimum Gasteiger partial charge on any atom is -0.486 e. The zero-order chi connectivity index (χ0) is 17.9. The summed E-state index contributed by atoms with van der Waals surface area (Å²) in [6.45, 7) is 3.25. The number of carbonyl (C=O) groups is 1. The molecule has 0 aliphatic carbocycles. The van der Waals surface area contributed by atoms with E-state index >= 15 is 0 Å². The lowest BCUT2D eigenvalue weighted by Gasteiger charge is -2.20. The van der Waals surface area contributed by atoms with Crippen molar-refractivity contribution in [3.05, 3.63) is 46.4 Å². The topological polar surface area (TPSA) is 50.8 Å². The first-order chi connectivity index (χ1) is 12.7. The van der Waals surface area contributed by atoms with Crippen molar-refractivity contribution < 1.29 is 14.3 Å². The molecule has 2 aromatic rings. The Kier molecular flexibility index (Phi) is 5.02. The van der Waals surface area contributed by atoms with Gasteiger partial charge in [-0.3, -0.25) is 4.79 Å². The van der Waals surface area contributed by atoms with E-state index in [2.05, 4.69) is 32.2 Å². The van der Waals surface area contributed by atoms with Crippen LogP contribution in [0.5, 0.6) is 11.5 Å². The molecule has 0 bridgehead atoms. The Morgan fingerprint density at radius 3 is 2.58 bits per heavy atom. The minimum atomic E-state index is -0.0547. The smallest absolute Gasteiger partial charge is 0.228 e. The van der Waals surface area contributed by atoms with Crippen molar-refractivity contribution in [2.45, 2.75) is 19.3 Å². The fourth-order valence-corrected chi connectivity index (χ4v) is 3.84. The van der Waals surface area contributed by atoms with Crippen LogP contribution >= 0.6 is 15.9 Å². The molecule has 1 saturated heterocycles. The summed E-state index contributed by atoms with van der Waals surface area (Å²) < 4.78 is 12.0. The van der Waals surface area contributed by atoms with E-state index in [1.807, 2.05) is 30.3 Å². The number of benzene rings is 2. The number of nitrogens with one attached hydrogen (secondary N) is 1. The fourth-order valence-electron chi connectivity index (χ4n) is 3.38. The number of rotatable bonds is 4. The summed E-state index contributed by atoms with van der Waals surface area (Å²) in [5, 5.41) is 3.00. The molecule has 0 atom stereocenters. The Labute approximate surface area is 161 Å². The molecular formula is C20H21BrN2O3. The largest absolute Gasteiger partial charge is 0.486 e. The maximum Gasteiger partial charge on any atom is 0.228 e. The number of halogens is 1. The third-order valence-corrected chi connectivity index (χ3v) is 5.40. The molecule has 0 aromatic heterocycles. The van der Waals surface area contributed by atoms with E-state index < -0.39 is 0 Å². The predicted molar refractivity (Wildman–Crippen MR) is 105 cm³/mol. The van der Waals surface area contributed by atoms with Crippen molar-refractivity contribution >= 4 is 33.2 Å². The summed E-state index contributed by atoms with van der Waals surface area (Å²) in [6.07, 6.45) is 2.73. The van der Waals surface area contributed by atoms with Crippen molar-refractivity contribution in [1.29, 1.82) is 0 Å². The van der Waals surface area contributed by atoms with Gasteiger partial charge < -0.3 is 19.7 Å². The van der Waals surface area contributed by atoms with Crippen LogP contribution in [0.15, 0.2) is 40.9 Å². The van der Waals surface area contributed by atoms with E-state index in [0.29, 0.717) is 24.7 Å². The van der Waals surface area contributed by atoms with Crippen LogP contribution in [0.25, 0.3) is 0 Å². The highest BCUT2D eigenvalue weighted by atomic mass is 79.9. The van der Waals surface area contributed by atoms with Crippen LogP contribution in [0.2, 0.25) is 0 Å². The number of amides is 1. The van der Waals surface area contributed by atoms with E-state index in [9.17, 15) is 4.79 Å². The SMILES string of the molecule is O=C(Cc1cc2c(cc1Br)OCCO2)Nc1cccc(N2CCCC2)c1. The lowest BCUT2D eigenvalue weighted by atomic mass is 10.1. The van der Waals surface area contributed by atoms with Gasteiger partial charge in [-0.25, -0.2) is 0 Å². The second-order valence-electron chi connectivity index (χ2n) is 6.56. The number of anilines is 2. The van der Waals surface area contributed by atoms with Crippen LogP contribution in [0.3, 0.4) is 0 Å². The molecule has 1 amide bonds. The average molecular weight is 417 g/mol. The summed E-state index contributed by atoms with van der Waals surface area (Å²) in [7, 11) is 0. The van der Waals surface area contributed by atoms with Crippen molar-refractivity contribution in [3.8, 4) is 11.5 Å². The molecule has 2 aromatic carbocycles. The van der Waals surface area contributed by atoms with Crippen molar-refractivity contribution in [2.75, 3.05) is 36.5 Å². The number of nitrogens with zero attached hydrogens (tertiary/aromatic N) is 1. The van der Waals surface area contributed by atoms with Gasteiger partial charge in [-0.15, -0.1) is 0 Å². The van der Waals surface area contributed by atoms with Gasteiger partial charge in [0, 0.05) is 28.9 Å². The summed E-state index contributed by atoms with van der Waals surface area (Å²) in [5.41, 5.74) is 2.87. The van der Waals surface area contributed by atoms with Gasteiger partial charge in [0.2, 0.25) is 5.91 Å². The zero-order valence-corrected chi connectivity index (χ0v) is 16.0. The quantitative estimate of drug-likeness (QED) is 0.817. The lowest BCUT2D eigenvalue weighted by Crippen LogP contribution is -2.19. The summed E-state index contributed by atoms with van der Waals surface area (Å²) in [5.74, 6) is 1.35. The van der Waals surface area contributed by atoms with Gasteiger partial charge in [-0.1, -0.05) is 22.0 Å². The Balaban J connectivity index is 1.45. The highest BCUT2D eigenvalue weighted by Gasteiger charge is 2.17. The molecule has 2 aliphatic rings. The van der Waals surface area contributed by atoms with Crippen LogP contribution in [0.4, 0.5) is 11.4 Å². The Morgan fingerprint density at radius 2 is 1.81 bits per heavy atom. The van der Waals surface area contributed by atoms with Crippen LogP contribution < -0.4 is 19.7 Å². The van der Waals surface area contributed by atoms with Crippen molar-refractivity contribution in [2.24, 2.45) is 0 Å². The van der Waals surface area contributed by atoms with Crippen molar-refractivity contribution in [1.82, 2.24) is 0 Å². The Morgan fingerprint density at radius 1 is 1.08 bits per heavy atom. The number of hydrogen-bond donors (Lipinski definition) is 1. The van der Waals surface area contributed by atoms with Crippen molar-refractivity contribution in [3.63, 3.8) is 0 Å². The summed E-state index contributed by atoms with van der Waals surface area (Å²) in [6, 6.07) is 11.8. The molecule has 1 N–H and O–H groups in total. The van der Waals surface area contributed by atoms with Gasteiger partial charge in [-0.05, 0) is 48.7 Å². The van der Waals surface area contributed by atoms with Gasteiger partial charge in [0.1, 0.15) is 13.2 Å². The van der Waals surface area contributed by atoms with E-state index in [1.165, 1.54) is 18.5 Å². The van der Waals surface area contributed by atoms with Gasteiger partial charge in [0.25, 0.3) is 0 Å². The molecule has 0 radical (unpaired) electrons. The number of carbonyl (C=O) groups excluding carboxylic acids is 1. The second-order valence-corrected chi connectivity index (χ2v) is 7.41. The zero-order valence-electron chi connectivity index (χ0n) is 14.5. The molecule has 2 heterocycles. The van der Waals surface area contributed by atoms with E-state index in [1.54, 1.807) is 0 Å². The highest BCUT2D eigenvalue weighted by Crippen LogP contribution is 2.35. The third kappa shape index (κ3) is 3.80. The molecule has 0 spiro atoms. The van der Waals surface area contributed by atoms with Gasteiger partial charge >= 0.3 is 0 Å². The highest BCUT2D eigenvalue weighted by molar-refractivity contribution is 9.10.